The van der Waals surface area contributed by atoms with Gasteiger partial charge in [-0.1, -0.05) is 96.8 Å². The molecule has 0 aromatic carbocycles. The third kappa shape index (κ3) is 28.3. The van der Waals surface area contributed by atoms with Gasteiger partial charge in [0, 0.05) is 0 Å². The predicted molar refractivity (Wildman–Crippen MR) is 87.3 cm³/mol. The molecule has 3 N–H and O–H groups in total. The van der Waals surface area contributed by atoms with Gasteiger partial charge in [-0.3, -0.25) is 0 Å². The molecule has 0 aliphatic heterocycles. The fraction of sp³-hybridized carbons (Fsp3) is 1.00. The molecule has 0 spiro atoms. The van der Waals surface area contributed by atoms with E-state index in [1.807, 2.05) is 0 Å². The van der Waals surface area contributed by atoms with Crippen molar-refractivity contribution in [3.05, 3.63) is 0 Å². The van der Waals surface area contributed by atoms with Gasteiger partial charge in [0.25, 0.3) is 0 Å². The van der Waals surface area contributed by atoms with Crippen molar-refractivity contribution >= 4 is 0 Å². The molecule has 0 unspecified atom stereocenters. The van der Waals surface area contributed by atoms with Crippen molar-refractivity contribution in [2.75, 3.05) is 6.54 Å². The van der Waals surface area contributed by atoms with Gasteiger partial charge in [0.2, 0.25) is 0 Å². The smallest absolute Gasteiger partial charge is 0.0878 e. The van der Waals surface area contributed by atoms with Gasteiger partial charge in [-0.05, 0) is 12.8 Å². The molecule has 3 nitrogen and oxygen atoms in total. The van der Waals surface area contributed by atoms with Crippen LogP contribution in [0.4, 0.5) is 0 Å². The van der Waals surface area contributed by atoms with E-state index in [-0.39, 0.29) is 0 Å². The Kier molecular flexibility index (Phi) is 29.0. The third-order valence-electron chi connectivity index (χ3n) is 4.10. The van der Waals surface area contributed by atoms with Crippen LogP contribution in [0.25, 0.3) is 0 Å². The Hall–Kier alpha value is 0.170. The summed E-state index contributed by atoms with van der Waals surface area (Å²) in [5.41, 5.74) is 3.89. The van der Waals surface area contributed by atoms with Crippen LogP contribution in [0, 0.1) is 11.3 Å². The highest BCUT2D eigenvalue weighted by Crippen LogP contribution is 2.13. The van der Waals surface area contributed by atoms with E-state index in [9.17, 15) is 0 Å². The second-order valence-electron chi connectivity index (χ2n) is 6.22. The zero-order chi connectivity index (χ0) is 16.7. The van der Waals surface area contributed by atoms with Crippen LogP contribution in [-0.4, -0.2) is 6.54 Å². The molecule has 22 heavy (non-hydrogen) atoms. The molecule has 0 aromatic rings. The van der Waals surface area contributed by atoms with E-state index in [0.29, 0.717) is 0 Å². The van der Waals surface area contributed by atoms with Gasteiger partial charge in [0.05, 0.1) is 17.9 Å². The molecular weight excluding hydrogens is 298 g/mol. The van der Waals surface area contributed by atoms with Crippen molar-refractivity contribution in [1.29, 1.82) is 0 Å². The lowest BCUT2D eigenvalue weighted by Crippen LogP contribution is -2.50. The topological polar surface area (TPSA) is 73.8 Å². The molecule has 0 saturated heterocycles. The monoisotopic (exact) mass is 337 g/mol. The van der Waals surface area contributed by atoms with E-state index < -0.39 is 11.3 Å². The molecule has 0 heterocycles. The van der Waals surface area contributed by atoms with E-state index in [4.69, 9.17) is 9.32 Å². The van der Waals surface area contributed by atoms with Crippen molar-refractivity contribution in [2.24, 2.45) is 0 Å². The molecule has 136 valence electrons. The number of rotatable bonds is 16. The average Bonchev–Trinajstić information content (AvgIpc) is 2.52. The lowest BCUT2D eigenvalue weighted by atomic mass is 10.0. The van der Waals surface area contributed by atoms with Gasteiger partial charge in [-0.15, -0.1) is 0 Å². The Balaban J connectivity index is 0. The molecule has 0 radical (unpaired) electrons. The Bertz CT molecular complexity index is 155. The zero-order valence-corrected chi connectivity index (χ0v) is 15.7. The summed E-state index contributed by atoms with van der Waals surface area (Å²) in [6.07, 6.45) is 23.2. The zero-order valence-electron chi connectivity index (χ0n) is 14.9. The molecule has 4 heteroatoms. The van der Waals surface area contributed by atoms with Crippen LogP contribution >= 0.6 is 0 Å². The minimum absolute atomic E-state index is 0.417. The Morgan fingerprint density at radius 2 is 0.773 bits per heavy atom. The second kappa shape index (κ2) is 26.1. The quantitative estimate of drug-likeness (QED) is 0.439. The number of unbranched alkanes of at least 4 members (excludes halogenated alkanes) is 15. The lowest BCUT2D eigenvalue weighted by Gasteiger charge is -2.03. The summed E-state index contributed by atoms with van der Waals surface area (Å²) in [6.45, 7) is 3.42. The Morgan fingerprint density at radius 3 is 1.00 bits per heavy atom. The van der Waals surface area contributed by atoms with Crippen molar-refractivity contribution in [3.8, 4) is 0 Å². The van der Waals surface area contributed by atoms with Crippen LogP contribution in [0.5, 0.6) is 0 Å². The second-order valence-corrected chi connectivity index (χ2v) is 6.35. The molecule has 0 bridgehead atoms. The fourth-order valence-corrected chi connectivity index (χ4v) is 2.72. The van der Waals surface area contributed by atoms with Crippen LogP contribution in [0.3, 0.4) is 0 Å². The highest BCUT2D eigenvalue weighted by Gasteiger charge is 1.94. The summed E-state index contributed by atoms with van der Waals surface area (Å²) in [7, 11) is 0. The fourth-order valence-electron chi connectivity index (χ4n) is 2.72. The molecule has 0 aromatic heterocycles. The van der Waals surface area contributed by atoms with Gasteiger partial charge in [-0.25, -0.2) is 0 Å². The predicted octanol–water partition coefficient (Wildman–Crippen LogP) is 3.11. The minimum atomic E-state index is -0.417. The van der Waals surface area contributed by atoms with Crippen LogP contribution in [-0.2, 0) is 0 Å². The number of hydrogen-bond donors (Lipinski definition) is 1. The van der Waals surface area contributed by atoms with Crippen molar-refractivity contribution in [2.45, 2.75) is 110 Å². The molecule has 0 aliphatic carbocycles. The van der Waals surface area contributed by atoms with Gasteiger partial charge in [0.15, 0.2) is 0 Å². The van der Waals surface area contributed by atoms with E-state index in [1.165, 1.54) is 103 Å². The minimum Gasteiger partial charge on any atom is -0.544 e. The first-order valence-corrected chi connectivity index (χ1v) is 10.1. The lowest BCUT2D eigenvalue weighted by molar-refractivity contribution is -1.41. The molecular formula is C18H40ClNO2. The van der Waals surface area contributed by atoms with Crippen LogP contribution in [0.15, 0.2) is 0 Å². The maximum absolute atomic E-state index is 8.24. The van der Waals surface area contributed by atoms with E-state index >= 15 is 0 Å². The van der Waals surface area contributed by atoms with Crippen LogP contribution in [0.1, 0.15) is 110 Å². The molecule has 0 aliphatic rings. The SMILES string of the molecule is CCCCCCCCCCCCCCCCCC[NH3+].[O-][Cl+][O-]. The molecule has 0 saturated carbocycles. The summed E-state index contributed by atoms with van der Waals surface area (Å²) in [6, 6.07) is 0. The van der Waals surface area contributed by atoms with Crippen molar-refractivity contribution in [1.82, 2.24) is 0 Å². The van der Waals surface area contributed by atoms with Gasteiger partial charge < -0.3 is 15.1 Å². The average molecular weight is 338 g/mol. The molecule has 0 amide bonds. The summed E-state index contributed by atoms with van der Waals surface area (Å²) < 4.78 is 16.5. The molecule has 0 fully saturated rings. The summed E-state index contributed by atoms with van der Waals surface area (Å²) in [4.78, 5) is 0. The highest BCUT2D eigenvalue weighted by atomic mass is 35.6. The summed E-state index contributed by atoms with van der Waals surface area (Å²) in [5, 5.41) is 0. The Labute approximate surface area is 143 Å². The maximum Gasteiger partial charge on any atom is 0.0878 e. The normalized spacial score (nSPS) is 10.4. The first kappa shape index (κ1) is 24.4. The third-order valence-corrected chi connectivity index (χ3v) is 4.10. The van der Waals surface area contributed by atoms with Crippen molar-refractivity contribution < 1.29 is 26.4 Å². The molecule has 0 rings (SSSR count). The van der Waals surface area contributed by atoms with E-state index in [0.717, 1.165) is 6.54 Å². The maximum atomic E-state index is 8.24. The number of halogens is 1. The van der Waals surface area contributed by atoms with Crippen LogP contribution < -0.4 is 15.1 Å². The van der Waals surface area contributed by atoms with Gasteiger partial charge >= 0.3 is 0 Å². The largest absolute Gasteiger partial charge is 0.544 e. The first-order chi connectivity index (χ1) is 10.8. The van der Waals surface area contributed by atoms with Gasteiger partial charge in [0.1, 0.15) is 0 Å². The molecule has 0 atom stereocenters. The number of quaternary nitrogens is 1. The van der Waals surface area contributed by atoms with Crippen LogP contribution in [0.2, 0.25) is 0 Å². The summed E-state index contributed by atoms with van der Waals surface area (Å²) in [5.74, 6) is 0. The Morgan fingerprint density at radius 1 is 0.545 bits per heavy atom. The first-order valence-electron chi connectivity index (χ1n) is 9.52. The summed E-state index contributed by atoms with van der Waals surface area (Å²) >= 11 is -0.417. The van der Waals surface area contributed by atoms with E-state index in [2.05, 4.69) is 12.7 Å². The number of hydrogen-bond acceptors (Lipinski definition) is 2. The van der Waals surface area contributed by atoms with Crippen molar-refractivity contribution in [3.63, 3.8) is 0 Å². The van der Waals surface area contributed by atoms with E-state index in [1.54, 1.807) is 0 Å². The van der Waals surface area contributed by atoms with Gasteiger partial charge in [-0.2, -0.15) is 0 Å². The standard InChI is InChI=1S/C18H39N.ClO2/c1-2-3-4-5-6-7-8-9-10-11-12-13-14-15-16-17-18-19;2-1-3/h2-19H2,1H3;/q;-1/p+1. The highest BCUT2D eigenvalue weighted by molar-refractivity contribution is 4.49.